The minimum Gasteiger partial charge on any atom is -0.398 e. The van der Waals surface area contributed by atoms with Gasteiger partial charge in [0.1, 0.15) is 4.64 Å². The standard InChI is InChI=1S/C17H19ClN6O2S/c1-8-2-3-9(6-10(8)18)15-14(11(19)7-13(21)26)16(27)24-17(23-15)22-5-4-12(20)25/h2-3,6-7H,4-5,19H2,1H3,(H2,20,25)(H2,21,26)(H2,22,23,24,27)/b11-7-. The molecule has 10 heteroatoms. The van der Waals surface area contributed by atoms with E-state index in [0.717, 1.165) is 11.6 Å². The Labute approximate surface area is 165 Å². The molecule has 142 valence electrons. The largest absolute Gasteiger partial charge is 0.398 e. The van der Waals surface area contributed by atoms with Crippen LogP contribution in [0, 0.1) is 11.6 Å². The Morgan fingerprint density at radius 1 is 1.33 bits per heavy atom. The molecule has 0 aliphatic rings. The van der Waals surface area contributed by atoms with Crippen LogP contribution < -0.4 is 22.5 Å². The van der Waals surface area contributed by atoms with Crippen LogP contribution in [0.3, 0.4) is 0 Å². The summed E-state index contributed by atoms with van der Waals surface area (Å²) in [5.74, 6) is -0.834. The first-order valence-corrected chi connectivity index (χ1v) is 8.67. The van der Waals surface area contributed by atoms with E-state index in [2.05, 4.69) is 15.3 Å². The molecule has 0 spiro atoms. The van der Waals surface area contributed by atoms with Crippen LogP contribution in [-0.2, 0) is 9.59 Å². The van der Waals surface area contributed by atoms with Crippen LogP contribution in [0.5, 0.6) is 0 Å². The molecule has 8 nitrogen and oxygen atoms in total. The van der Waals surface area contributed by atoms with Crippen molar-refractivity contribution in [2.24, 2.45) is 17.2 Å². The number of nitrogens with one attached hydrogen (secondary N) is 2. The lowest BCUT2D eigenvalue weighted by atomic mass is 10.0. The van der Waals surface area contributed by atoms with Gasteiger partial charge in [0.05, 0.1) is 11.3 Å². The van der Waals surface area contributed by atoms with Crippen molar-refractivity contribution >= 4 is 47.3 Å². The minimum absolute atomic E-state index is 0.0756. The predicted octanol–water partition coefficient (Wildman–Crippen LogP) is 1.84. The highest BCUT2D eigenvalue weighted by Crippen LogP contribution is 2.30. The number of halogens is 1. The van der Waals surface area contributed by atoms with Crippen molar-refractivity contribution in [3.8, 4) is 11.3 Å². The average molecular weight is 407 g/mol. The molecule has 1 heterocycles. The number of anilines is 1. The van der Waals surface area contributed by atoms with Gasteiger partial charge in [0, 0.05) is 35.3 Å². The number of hydrogen-bond acceptors (Lipinski definition) is 6. The third-order valence-electron chi connectivity index (χ3n) is 3.63. The van der Waals surface area contributed by atoms with Gasteiger partial charge in [0.25, 0.3) is 0 Å². The average Bonchev–Trinajstić information content (AvgIpc) is 2.55. The molecule has 0 fully saturated rings. The molecule has 0 saturated heterocycles. The van der Waals surface area contributed by atoms with Crippen LogP contribution in [0.25, 0.3) is 17.0 Å². The van der Waals surface area contributed by atoms with Gasteiger partial charge in [-0.1, -0.05) is 36.0 Å². The van der Waals surface area contributed by atoms with Gasteiger partial charge in [-0.25, -0.2) is 4.98 Å². The first-order chi connectivity index (χ1) is 12.7. The first-order valence-electron chi connectivity index (χ1n) is 7.89. The Hall–Kier alpha value is -2.91. The number of aromatic amines is 1. The van der Waals surface area contributed by atoms with Gasteiger partial charge in [0.15, 0.2) is 0 Å². The van der Waals surface area contributed by atoms with Gasteiger partial charge < -0.3 is 27.5 Å². The van der Waals surface area contributed by atoms with E-state index in [1.165, 1.54) is 0 Å². The van der Waals surface area contributed by atoms with E-state index in [4.69, 9.17) is 41.0 Å². The predicted molar refractivity (Wildman–Crippen MR) is 108 cm³/mol. The van der Waals surface area contributed by atoms with E-state index in [-0.39, 0.29) is 23.3 Å². The maximum absolute atomic E-state index is 11.2. The van der Waals surface area contributed by atoms with Gasteiger partial charge >= 0.3 is 0 Å². The summed E-state index contributed by atoms with van der Waals surface area (Å²) in [6, 6.07) is 5.41. The monoisotopic (exact) mass is 406 g/mol. The zero-order valence-corrected chi connectivity index (χ0v) is 16.1. The molecular weight excluding hydrogens is 388 g/mol. The summed E-state index contributed by atoms with van der Waals surface area (Å²) in [7, 11) is 0. The van der Waals surface area contributed by atoms with Crippen LogP contribution in [-0.4, -0.2) is 28.3 Å². The third-order valence-corrected chi connectivity index (χ3v) is 4.33. The Balaban J connectivity index is 2.61. The number of aromatic nitrogens is 2. The lowest BCUT2D eigenvalue weighted by Crippen LogP contribution is -2.17. The van der Waals surface area contributed by atoms with Crippen molar-refractivity contribution in [3.05, 3.63) is 45.1 Å². The normalized spacial score (nSPS) is 11.3. The van der Waals surface area contributed by atoms with Crippen LogP contribution >= 0.6 is 23.8 Å². The summed E-state index contributed by atoms with van der Waals surface area (Å²) in [6.07, 6.45) is 1.19. The number of carbonyl (C=O) groups is 2. The molecule has 0 aliphatic heterocycles. The molecule has 0 unspecified atom stereocenters. The molecule has 1 aromatic carbocycles. The molecule has 0 atom stereocenters. The minimum atomic E-state index is -0.710. The lowest BCUT2D eigenvalue weighted by Gasteiger charge is -2.14. The Morgan fingerprint density at radius 3 is 2.63 bits per heavy atom. The molecule has 0 radical (unpaired) electrons. The van der Waals surface area contributed by atoms with Gasteiger partial charge in [0.2, 0.25) is 17.8 Å². The molecule has 27 heavy (non-hydrogen) atoms. The topological polar surface area (TPSA) is 153 Å². The third kappa shape index (κ3) is 5.28. The van der Waals surface area contributed by atoms with Gasteiger partial charge in [-0.05, 0) is 18.6 Å². The second kappa shape index (κ2) is 8.65. The zero-order valence-electron chi connectivity index (χ0n) is 14.5. The maximum atomic E-state index is 11.2. The van der Waals surface area contributed by atoms with E-state index in [0.29, 0.717) is 27.8 Å². The highest BCUT2D eigenvalue weighted by molar-refractivity contribution is 7.71. The number of nitrogens with two attached hydrogens (primary N) is 3. The Morgan fingerprint density at radius 2 is 2.04 bits per heavy atom. The van der Waals surface area contributed by atoms with Crippen molar-refractivity contribution in [3.63, 3.8) is 0 Å². The van der Waals surface area contributed by atoms with E-state index in [1.54, 1.807) is 6.07 Å². The molecule has 0 saturated carbocycles. The van der Waals surface area contributed by atoms with Crippen molar-refractivity contribution < 1.29 is 9.59 Å². The second-order valence-electron chi connectivity index (χ2n) is 5.75. The molecule has 0 aliphatic carbocycles. The quantitative estimate of drug-likeness (QED) is 0.349. The Bertz CT molecular complexity index is 986. The van der Waals surface area contributed by atoms with E-state index in [1.807, 2.05) is 19.1 Å². The molecule has 2 aromatic rings. The smallest absolute Gasteiger partial charge is 0.243 e. The van der Waals surface area contributed by atoms with E-state index >= 15 is 0 Å². The summed E-state index contributed by atoms with van der Waals surface area (Å²) in [5.41, 5.74) is 18.9. The SMILES string of the molecule is Cc1ccc(-c2[nH]c(NCCC(N)=O)nc(=S)c2/C(N)=C/C(N)=O)cc1Cl. The number of benzene rings is 1. The highest BCUT2D eigenvalue weighted by Gasteiger charge is 2.15. The van der Waals surface area contributed by atoms with Crippen LogP contribution in [0.1, 0.15) is 17.5 Å². The Kier molecular flexibility index (Phi) is 6.54. The van der Waals surface area contributed by atoms with Crippen molar-refractivity contribution in [2.75, 3.05) is 11.9 Å². The van der Waals surface area contributed by atoms with Crippen LogP contribution in [0.15, 0.2) is 24.3 Å². The fourth-order valence-electron chi connectivity index (χ4n) is 2.32. The lowest BCUT2D eigenvalue weighted by molar-refractivity contribution is -0.117. The number of hydrogen-bond donors (Lipinski definition) is 5. The van der Waals surface area contributed by atoms with E-state index < -0.39 is 11.8 Å². The number of rotatable bonds is 7. The maximum Gasteiger partial charge on any atom is 0.243 e. The van der Waals surface area contributed by atoms with Crippen LogP contribution in [0.2, 0.25) is 5.02 Å². The van der Waals surface area contributed by atoms with Gasteiger partial charge in [-0.2, -0.15) is 0 Å². The number of H-pyrrole nitrogens is 1. The van der Waals surface area contributed by atoms with Crippen molar-refractivity contribution in [1.29, 1.82) is 0 Å². The van der Waals surface area contributed by atoms with E-state index in [9.17, 15) is 9.59 Å². The van der Waals surface area contributed by atoms with Crippen LogP contribution in [0.4, 0.5) is 5.95 Å². The van der Waals surface area contributed by atoms with Gasteiger partial charge in [-0.15, -0.1) is 0 Å². The fourth-order valence-corrected chi connectivity index (χ4v) is 2.81. The van der Waals surface area contributed by atoms with Crippen molar-refractivity contribution in [1.82, 2.24) is 9.97 Å². The number of nitrogens with zero attached hydrogens (tertiary/aromatic N) is 1. The van der Waals surface area contributed by atoms with Crippen molar-refractivity contribution in [2.45, 2.75) is 13.3 Å². The molecule has 2 amide bonds. The molecule has 0 bridgehead atoms. The first kappa shape index (κ1) is 20.4. The zero-order chi connectivity index (χ0) is 20.1. The molecule has 1 aromatic heterocycles. The number of aryl methyl sites for hydroxylation is 1. The summed E-state index contributed by atoms with van der Waals surface area (Å²) in [5, 5.41) is 3.49. The number of primary amides is 2. The molecule has 2 rings (SSSR count). The summed E-state index contributed by atoms with van der Waals surface area (Å²) in [4.78, 5) is 29.4. The van der Waals surface area contributed by atoms with Gasteiger partial charge in [-0.3, -0.25) is 9.59 Å². The number of carbonyl (C=O) groups excluding carboxylic acids is 2. The summed E-state index contributed by atoms with van der Waals surface area (Å²) in [6.45, 7) is 2.15. The summed E-state index contributed by atoms with van der Waals surface area (Å²) >= 11 is 11.6. The molecule has 8 N–H and O–H groups in total. The molecular formula is C17H19ClN6O2S. The fraction of sp³-hybridized carbons (Fsp3) is 0.176. The second-order valence-corrected chi connectivity index (χ2v) is 6.54. The highest BCUT2D eigenvalue weighted by atomic mass is 35.5. The number of amides is 2. The summed E-state index contributed by atoms with van der Waals surface area (Å²) < 4.78 is 0.150.